The molecule has 1 aliphatic rings. The summed E-state index contributed by atoms with van der Waals surface area (Å²) >= 11 is 0. The zero-order valence-electron chi connectivity index (χ0n) is 21.5. The molecule has 0 unspecified atom stereocenters. The first kappa shape index (κ1) is 28.2. The molecule has 3 aromatic rings. The van der Waals surface area contributed by atoms with E-state index in [2.05, 4.69) is 10.1 Å². The maximum atomic E-state index is 12.7. The Balaban J connectivity index is 1.52. The van der Waals surface area contributed by atoms with Gasteiger partial charge in [-0.25, -0.2) is 4.79 Å². The molecule has 0 aliphatic heterocycles. The van der Waals surface area contributed by atoms with Gasteiger partial charge in [0.05, 0.1) is 31.6 Å². The maximum absolute atomic E-state index is 12.7. The van der Waals surface area contributed by atoms with Crippen molar-refractivity contribution in [1.82, 2.24) is 15.1 Å². The van der Waals surface area contributed by atoms with Gasteiger partial charge >= 0.3 is 12.3 Å². The highest BCUT2D eigenvalue weighted by atomic mass is 19.4. The molecule has 1 saturated carbocycles. The van der Waals surface area contributed by atoms with E-state index in [1.54, 1.807) is 36.4 Å². The number of nitrogens with one attached hydrogen (secondary N) is 2. The van der Waals surface area contributed by atoms with Crippen LogP contribution in [-0.4, -0.2) is 52.8 Å². The number of carbonyl (C=O) groups excluding carboxylic acids is 2. The number of halogens is 3. The van der Waals surface area contributed by atoms with Crippen molar-refractivity contribution in [2.75, 3.05) is 19.0 Å². The Morgan fingerprint density at radius 2 is 1.74 bits per heavy atom. The van der Waals surface area contributed by atoms with Crippen molar-refractivity contribution in [3.8, 4) is 11.3 Å². The number of benzene rings is 2. The van der Waals surface area contributed by atoms with E-state index in [0.717, 1.165) is 55.3 Å². The van der Waals surface area contributed by atoms with Crippen molar-refractivity contribution < 1.29 is 32.6 Å². The number of hydrogen-bond donors (Lipinski definition) is 3. The number of methoxy groups -OCH3 is 1. The molecule has 2 aromatic carbocycles. The number of carbonyl (C=O) groups is 2. The van der Waals surface area contributed by atoms with Crippen LogP contribution in [0.2, 0.25) is 0 Å². The fourth-order valence-electron chi connectivity index (χ4n) is 4.72. The van der Waals surface area contributed by atoms with Crippen molar-refractivity contribution in [3.05, 3.63) is 71.4 Å². The minimum Gasteiger partial charge on any atom is -0.467 e. The van der Waals surface area contributed by atoms with Crippen molar-refractivity contribution in [2.24, 2.45) is 0 Å². The first-order valence-corrected chi connectivity index (χ1v) is 12.8. The monoisotopic (exact) mass is 544 g/mol. The molecule has 208 valence electrons. The minimum atomic E-state index is -4.51. The molecule has 0 spiro atoms. The Bertz CT molecular complexity index is 1270. The lowest BCUT2D eigenvalue weighted by molar-refractivity contribution is -0.149. The van der Waals surface area contributed by atoms with Crippen molar-refractivity contribution in [1.29, 1.82) is 0 Å². The van der Waals surface area contributed by atoms with Crippen molar-refractivity contribution in [3.63, 3.8) is 0 Å². The number of amides is 1. The normalized spacial score (nSPS) is 15.0. The number of hydrogen-bond acceptors (Lipinski definition) is 6. The second-order valence-corrected chi connectivity index (χ2v) is 9.59. The minimum absolute atomic E-state index is 0.0437. The second-order valence-electron chi connectivity index (χ2n) is 9.59. The largest absolute Gasteiger partial charge is 0.482 e. The van der Waals surface area contributed by atoms with Crippen LogP contribution in [0.4, 0.5) is 18.9 Å². The summed E-state index contributed by atoms with van der Waals surface area (Å²) in [7, 11) is 1.15. The highest BCUT2D eigenvalue weighted by Gasteiger charge is 2.27. The standard InChI is InChI=1S/C28H31F3N4O4/c1-39-27(38)25(36)16-32-26(37)21-9-7-18(8-10-21)17-35-24(15-23(34-35)19-5-3-2-4-6-19)20-11-13-22(14-12-20)33-28(29,30)31/h7-15,19,25,33,36H,2-6,16-17H2,1H3,(H,32,37)/t25-/m1/s1. The second kappa shape index (κ2) is 12.3. The molecule has 39 heavy (non-hydrogen) atoms. The molecule has 1 fully saturated rings. The van der Waals surface area contributed by atoms with Gasteiger partial charge in [-0.05, 0) is 54.3 Å². The molecule has 11 heteroatoms. The summed E-state index contributed by atoms with van der Waals surface area (Å²) in [5, 5.41) is 18.5. The Hall–Kier alpha value is -3.86. The van der Waals surface area contributed by atoms with E-state index in [4.69, 9.17) is 5.10 Å². The summed E-state index contributed by atoms with van der Waals surface area (Å²) in [5.74, 6) is -0.938. The molecule has 3 N–H and O–H groups in total. The molecule has 1 heterocycles. The first-order valence-electron chi connectivity index (χ1n) is 12.8. The highest BCUT2D eigenvalue weighted by molar-refractivity contribution is 5.94. The topological polar surface area (TPSA) is 105 Å². The zero-order valence-corrected chi connectivity index (χ0v) is 21.5. The van der Waals surface area contributed by atoms with Gasteiger partial charge in [-0.15, -0.1) is 0 Å². The smallest absolute Gasteiger partial charge is 0.467 e. The summed E-state index contributed by atoms with van der Waals surface area (Å²) in [5.41, 5.74) is 3.70. The number of nitrogens with zero attached hydrogens (tertiary/aromatic N) is 2. The summed E-state index contributed by atoms with van der Waals surface area (Å²) in [4.78, 5) is 23.7. The van der Waals surface area contributed by atoms with E-state index in [0.29, 0.717) is 18.0 Å². The van der Waals surface area contributed by atoms with Gasteiger partial charge in [0.25, 0.3) is 5.91 Å². The molecule has 0 bridgehead atoms. The van der Waals surface area contributed by atoms with Gasteiger partial charge in [0, 0.05) is 17.2 Å². The average Bonchev–Trinajstić information content (AvgIpc) is 3.35. The van der Waals surface area contributed by atoms with Crippen LogP contribution in [-0.2, 0) is 16.1 Å². The Morgan fingerprint density at radius 1 is 1.08 bits per heavy atom. The molecule has 8 nitrogen and oxygen atoms in total. The van der Waals surface area contributed by atoms with Crippen LogP contribution in [0.3, 0.4) is 0 Å². The predicted octanol–water partition coefficient (Wildman–Crippen LogP) is 4.84. The molecule has 0 saturated heterocycles. The van der Waals surface area contributed by atoms with E-state index >= 15 is 0 Å². The van der Waals surface area contributed by atoms with E-state index in [1.807, 2.05) is 10.7 Å². The van der Waals surface area contributed by atoms with Gasteiger partial charge in [0.1, 0.15) is 0 Å². The lowest BCUT2D eigenvalue weighted by Crippen LogP contribution is -2.37. The highest BCUT2D eigenvalue weighted by Crippen LogP contribution is 2.34. The van der Waals surface area contributed by atoms with Crippen LogP contribution in [0.5, 0.6) is 0 Å². The van der Waals surface area contributed by atoms with Crippen LogP contribution in [0, 0.1) is 0 Å². The van der Waals surface area contributed by atoms with Crippen molar-refractivity contribution >= 4 is 17.6 Å². The third kappa shape index (κ3) is 7.60. The molecule has 1 amide bonds. The number of aliphatic hydroxyl groups is 1. The SMILES string of the molecule is COC(=O)[C@H](O)CNC(=O)c1ccc(Cn2nc(C3CCCCC3)cc2-c2ccc(NC(F)(F)F)cc2)cc1. The summed E-state index contributed by atoms with van der Waals surface area (Å²) in [6.07, 6.45) is -0.358. The van der Waals surface area contributed by atoms with E-state index in [9.17, 15) is 27.9 Å². The molecule has 1 atom stereocenters. The average molecular weight is 545 g/mol. The van der Waals surface area contributed by atoms with Gasteiger partial charge in [0.15, 0.2) is 6.10 Å². The zero-order chi connectivity index (χ0) is 28.0. The van der Waals surface area contributed by atoms with Gasteiger partial charge in [-0.2, -0.15) is 18.3 Å². The first-order chi connectivity index (χ1) is 18.6. The predicted molar refractivity (Wildman–Crippen MR) is 139 cm³/mol. The number of aliphatic hydroxyl groups excluding tert-OH is 1. The maximum Gasteiger partial charge on any atom is 0.482 e. The lowest BCUT2D eigenvalue weighted by atomic mass is 9.87. The third-order valence-electron chi connectivity index (χ3n) is 6.77. The van der Waals surface area contributed by atoms with Crippen LogP contribution in [0.15, 0.2) is 54.6 Å². The number of aromatic nitrogens is 2. The van der Waals surface area contributed by atoms with Gasteiger partial charge in [-0.1, -0.05) is 43.5 Å². The molecule has 4 rings (SSSR count). The molecule has 0 radical (unpaired) electrons. The molecular weight excluding hydrogens is 513 g/mol. The Morgan fingerprint density at radius 3 is 2.36 bits per heavy atom. The van der Waals surface area contributed by atoms with Gasteiger partial charge in [-0.3, -0.25) is 14.8 Å². The van der Waals surface area contributed by atoms with Gasteiger partial charge < -0.3 is 15.2 Å². The van der Waals surface area contributed by atoms with Crippen molar-refractivity contribution in [2.45, 2.75) is 57.0 Å². The fraction of sp³-hybridized carbons (Fsp3) is 0.393. The van der Waals surface area contributed by atoms with Crippen LogP contribution >= 0.6 is 0 Å². The lowest BCUT2D eigenvalue weighted by Gasteiger charge is -2.19. The Labute approximate surface area is 224 Å². The number of anilines is 1. The quantitative estimate of drug-likeness (QED) is 0.263. The number of ether oxygens (including phenoxy) is 1. The van der Waals surface area contributed by atoms with Crippen LogP contribution < -0.4 is 10.6 Å². The third-order valence-corrected chi connectivity index (χ3v) is 6.77. The van der Waals surface area contributed by atoms with E-state index in [1.165, 1.54) is 23.9 Å². The number of esters is 1. The molecular formula is C28H31F3N4O4. The number of alkyl halides is 3. The summed E-state index contributed by atoms with van der Waals surface area (Å²) in [6.45, 7) is 0.124. The van der Waals surface area contributed by atoms with E-state index < -0.39 is 24.3 Å². The van der Waals surface area contributed by atoms with Crippen LogP contribution in [0.25, 0.3) is 11.3 Å². The molecule has 1 aromatic heterocycles. The summed E-state index contributed by atoms with van der Waals surface area (Å²) in [6, 6.07) is 14.9. The number of rotatable bonds is 9. The summed E-state index contributed by atoms with van der Waals surface area (Å²) < 4.78 is 44.4. The Kier molecular flexibility index (Phi) is 8.90. The van der Waals surface area contributed by atoms with E-state index in [-0.39, 0.29) is 12.2 Å². The fourth-order valence-corrected chi connectivity index (χ4v) is 4.72. The van der Waals surface area contributed by atoms with Gasteiger partial charge in [0.2, 0.25) is 0 Å². The van der Waals surface area contributed by atoms with Crippen LogP contribution in [0.1, 0.15) is 59.6 Å². The molecule has 1 aliphatic carbocycles.